The maximum Gasteiger partial charge on any atom is 0 e. The Kier molecular flexibility index (Phi) is 2350. The second kappa shape index (κ2) is 234. The van der Waals surface area contributed by atoms with Gasteiger partial charge in [0.05, 0.1) is 0 Å². The van der Waals surface area contributed by atoms with Crippen molar-refractivity contribution in [2.75, 3.05) is 0 Å². The van der Waals surface area contributed by atoms with Crippen LogP contribution in [0.4, 0.5) is 0 Å². The maximum absolute atomic E-state index is 0. The first kappa shape index (κ1) is 252. The van der Waals surface area contributed by atoms with Crippen LogP contribution in [-0.4, -0.2) is 39.6 Å². The van der Waals surface area contributed by atoms with Crippen molar-refractivity contribution in [3.8, 4) is 0 Å². The van der Waals surface area contributed by atoms with E-state index in [1.807, 2.05) is 0 Å². The van der Waals surface area contributed by atoms with E-state index in [1.54, 1.807) is 0 Å². The van der Waals surface area contributed by atoms with Crippen LogP contribution in [-0.2, 0) is 466 Å². The molecule has 0 aliphatic heterocycles. The Bertz CT molecular complexity index is 16.0. The molecule has 0 rings (SSSR count). The fraction of sp³-hybridized carbons (Fsp3) is 0. The predicted molar refractivity (Wildman–Crippen MR) is 11.5 cm³/mol. The Morgan fingerprint density at radius 3 is 0.120 bits per heavy atom. The molecule has 235 valence electrons. The molecule has 0 spiro atoms. The van der Waals surface area contributed by atoms with E-state index < -0.39 is 0 Å². The van der Waals surface area contributed by atoms with Gasteiger partial charge in [0.25, 0.3) is 0 Å². The van der Waals surface area contributed by atoms with Gasteiger partial charge in [-0.2, -0.15) is 0 Å². The zero-order chi connectivity index (χ0) is 0. The molecule has 0 aliphatic rings. The topological polar surface area (TPSA) is 0 Å². The molecule has 25 heteroatoms. The predicted octanol–water partition coefficient (Wildman–Crippen LogP) is -0.819. The van der Waals surface area contributed by atoms with Crippen LogP contribution in [0, 0.1) is 0 Å². The number of hydrogen-bond donors (Lipinski definition) is 0. The summed E-state index contributed by atoms with van der Waals surface area (Å²) in [6.07, 6.45) is 0. The third kappa shape index (κ3) is 222. The second-order valence-corrected chi connectivity index (χ2v) is 0. The van der Waals surface area contributed by atoms with Crippen molar-refractivity contribution in [3.05, 3.63) is 0 Å². The van der Waals surface area contributed by atoms with Gasteiger partial charge in [-0.1, -0.05) is 0 Å². The van der Waals surface area contributed by atoms with Crippen molar-refractivity contribution in [2.24, 2.45) is 0 Å². The van der Waals surface area contributed by atoms with Gasteiger partial charge < -0.3 is 0 Å². The summed E-state index contributed by atoms with van der Waals surface area (Å²) in [5.41, 5.74) is 0. The molecule has 0 nitrogen and oxygen atoms in total. The Morgan fingerprint density at radius 2 is 0.120 bits per heavy atom. The summed E-state index contributed by atoms with van der Waals surface area (Å²) in [5, 5.41) is 0. The summed E-state index contributed by atoms with van der Waals surface area (Å²) in [6, 6.07) is 0. The number of rotatable bonds is 0. The summed E-state index contributed by atoms with van der Waals surface area (Å²) >= 11 is 0. The van der Waals surface area contributed by atoms with Gasteiger partial charge in [0.1, 0.15) is 0 Å². The average molecular weight is 2540 g/mol. The van der Waals surface area contributed by atoms with Gasteiger partial charge in [0, 0.05) is 506 Å². The first-order valence-corrected chi connectivity index (χ1v) is 0. The molecule has 0 saturated heterocycles. The molecule has 0 N–H and O–H groups in total. The summed E-state index contributed by atoms with van der Waals surface area (Å²) in [6.45, 7) is 0. The summed E-state index contributed by atoms with van der Waals surface area (Å²) < 4.78 is 0. The SMILES string of the molecule is [Co].[Ga].[Ga].[Pd].[Pd].[Pd].[Pd].[Pd].[Pd].[Pd].[Pd].[Pd].[Pd].[Pd].[Pd].[Pd].[Pd].[Pd].[Pd].[Pd].[Pd].[Pd].[Pd].[Pd].[Pd]. The van der Waals surface area contributed by atoms with Crippen molar-refractivity contribution < 1.29 is 466 Å². The number of hydrogen-bond acceptors (Lipinski definition) is 0. The van der Waals surface area contributed by atoms with Crippen LogP contribution in [0.3, 0.4) is 0 Å². The quantitative estimate of drug-likeness (QED) is 0.279. The minimum atomic E-state index is 0. The molecule has 0 amide bonds. The van der Waals surface area contributed by atoms with E-state index in [4.69, 9.17) is 0 Å². The third-order valence-electron chi connectivity index (χ3n) is 0. The van der Waals surface area contributed by atoms with E-state index in [2.05, 4.69) is 0 Å². The molecule has 0 unspecified atom stereocenters. The molecule has 7 radical (unpaired) electrons. The Labute approximate surface area is 491 Å². The van der Waals surface area contributed by atoms with Crippen LogP contribution in [0.25, 0.3) is 0 Å². The Hall–Kier alpha value is 16.4. The Morgan fingerprint density at radius 1 is 0.120 bits per heavy atom. The zero-order valence-corrected chi connectivity index (χ0v) is 48.5. The second-order valence-electron chi connectivity index (χ2n) is 0. The molecule has 0 aromatic rings. The fourth-order valence-electron chi connectivity index (χ4n) is 0. The molecule has 0 aliphatic carbocycles. The van der Waals surface area contributed by atoms with Crippen molar-refractivity contribution in [3.63, 3.8) is 0 Å². The smallest absolute Gasteiger partial charge is 0 e. The van der Waals surface area contributed by atoms with Crippen LogP contribution in [0.2, 0.25) is 0 Å². The molecular weight excluding hydrogens is 2540 g/mol. The summed E-state index contributed by atoms with van der Waals surface area (Å²) in [5.74, 6) is 0. The molecule has 0 aromatic carbocycles. The summed E-state index contributed by atoms with van der Waals surface area (Å²) in [7, 11) is 0. The van der Waals surface area contributed by atoms with Crippen LogP contribution in [0.15, 0.2) is 0 Å². The van der Waals surface area contributed by atoms with Gasteiger partial charge in [-0.3, -0.25) is 0 Å². The van der Waals surface area contributed by atoms with E-state index in [9.17, 15) is 0 Å². The maximum atomic E-state index is 0. The van der Waals surface area contributed by atoms with Gasteiger partial charge in [-0.25, -0.2) is 0 Å². The van der Waals surface area contributed by atoms with Crippen LogP contribution in [0.1, 0.15) is 0 Å². The fourth-order valence-corrected chi connectivity index (χ4v) is 0. The average Bonchev–Trinajstić information content (AvgIpc) is 0. The standard InChI is InChI=1S/Co.2Ga.22Pd. The van der Waals surface area contributed by atoms with Gasteiger partial charge in [-0.05, 0) is 0 Å². The van der Waals surface area contributed by atoms with E-state index >= 15 is 0 Å². The largest absolute Gasteiger partial charge is 0 e. The molecule has 0 saturated carbocycles. The normalized spacial score (nSPS) is 0. The van der Waals surface area contributed by atoms with Gasteiger partial charge >= 0.3 is 0 Å². The van der Waals surface area contributed by atoms with Crippen molar-refractivity contribution in [1.29, 1.82) is 0 Å². The summed E-state index contributed by atoms with van der Waals surface area (Å²) in [4.78, 5) is 0. The molecule has 25 heavy (non-hydrogen) atoms. The minimum absolute atomic E-state index is 0. The molecule has 0 aromatic heterocycles. The van der Waals surface area contributed by atoms with E-state index in [1.165, 1.54) is 0 Å². The molecule has 0 bridgehead atoms. The molecule has 0 fully saturated rings. The van der Waals surface area contributed by atoms with E-state index in [0.717, 1.165) is 0 Å². The minimum Gasteiger partial charge on any atom is 0 e. The van der Waals surface area contributed by atoms with Crippen molar-refractivity contribution >= 4 is 39.6 Å². The van der Waals surface area contributed by atoms with Crippen LogP contribution >= 0.6 is 0 Å². The van der Waals surface area contributed by atoms with Gasteiger partial charge in [0.2, 0.25) is 0 Å². The van der Waals surface area contributed by atoms with Crippen molar-refractivity contribution in [2.45, 2.75) is 0 Å². The molecule has 0 heterocycles. The first-order chi connectivity index (χ1) is 0. The van der Waals surface area contributed by atoms with Crippen molar-refractivity contribution in [1.82, 2.24) is 0 Å². The van der Waals surface area contributed by atoms with Crippen LogP contribution < -0.4 is 0 Å². The molecular formula is CoGa2Pd22. The first-order valence-electron chi connectivity index (χ1n) is 0. The van der Waals surface area contributed by atoms with Gasteiger partial charge in [-0.15, -0.1) is 0 Å². The van der Waals surface area contributed by atoms with E-state index in [-0.39, 0.29) is 506 Å². The van der Waals surface area contributed by atoms with E-state index in [0.29, 0.717) is 0 Å². The van der Waals surface area contributed by atoms with Crippen LogP contribution in [0.5, 0.6) is 0 Å². The monoisotopic (exact) mass is 2530 g/mol. The van der Waals surface area contributed by atoms with Gasteiger partial charge in [0.15, 0.2) is 0 Å². The third-order valence-corrected chi connectivity index (χ3v) is 0. The Balaban J connectivity index is 0. The zero-order valence-electron chi connectivity index (χ0n) is 8.45. The molecule has 0 atom stereocenters.